The molecule has 0 aliphatic rings. The first-order chi connectivity index (χ1) is 8.94. The number of hydrogen-bond donors (Lipinski definition) is 2. The second-order valence-corrected chi connectivity index (χ2v) is 4.83. The van der Waals surface area contributed by atoms with Gasteiger partial charge in [-0.15, -0.1) is 6.42 Å². The van der Waals surface area contributed by atoms with Gasteiger partial charge in [0.05, 0.1) is 5.54 Å². The Morgan fingerprint density at radius 3 is 2.79 bits per heavy atom. The van der Waals surface area contributed by atoms with Crippen molar-refractivity contribution < 1.29 is 14.3 Å². The van der Waals surface area contributed by atoms with Gasteiger partial charge in [-0.1, -0.05) is 24.1 Å². The Kier molecular flexibility index (Phi) is 3.32. The SMILES string of the molecule is C#CC(C)(C)NCc1c(C(=O)O)oc2ccccc12. The van der Waals surface area contributed by atoms with E-state index >= 15 is 0 Å². The number of hydrogen-bond acceptors (Lipinski definition) is 3. The molecule has 0 bridgehead atoms. The maximum atomic E-state index is 11.2. The molecule has 0 amide bonds. The van der Waals surface area contributed by atoms with Crippen molar-refractivity contribution in [1.29, 1.82) is 0 Å². The Labute approximate surface area is 111 Å². The Hall–Kier alpha value is -2.25. The Bertz CT molecular complexity index is 662. The molecule has 2 rings (SSSR count). The highest BCUT2D eigenvalue weighted by Gasteiger charge is 2.21. The minimum Gasteiger partial charge on any atom is -0.475 e. The number of terminal acetylenes is 1. The highest BCUT2D eigenvalue weighted by atomic mass is 16.4. The first-order valence-corrected chi connectivity index (χ1v) is 5.91. The summed E-state index contributed by atoms with van der Waals surface area (Å²) in [7, 11) is 0. The average molecular weight is 257 g/mol. The maximum Gasteiger partial charge on any atom is 0.372 e. The molecule has 0 saturated carbocycles. The molecule has 0 radical (unpaired) electrons. The van der Waals surface area contributed by atoms with Crippen molar-refractivity contribution >= 4 is 16.9 Å². The summed E-state index contributed by atoms with van der Waals surface area (Å²) in [5.41, 5.74) is 0.676. The van der Waals surface area contributed by atoms with Gasteiger partial charge in [-0.25, -0.2) is 4.79 Å². The van der Waals surface area contributed by atoms with E-state index in [1.807, 2.05) is 26.0 Å². The summed E-state index contributed by atoms with van der Waals surface area (Å²) in [6, 6.07) is 7.24. The number of carbonyl (C=O) groups is 1. The number of carboxylic acid groups (broad SMARTS) is 1. The molecule has 0 aliphatic carbocycles. The standard InChI is InChI=1S/C15H15NO3/c1-4-15(2,3)16-9-11-10-7-5-6-8-12(10)19-13(11)14(17)18/h1,5-8,16H,9H2,2-3H3,(H,17,18). The summed E-state index contributed by atoms with van der Waals surface area (Å²) < 4.78 is 5.37. The van der Waals surface area contributed by atoms with E-state index in [-0.39, 0.29) is 5.76 Å². The first-order valence-electron chi connectivity index (χ1n) is 5.91. The van der Waals surface area contributed by atoms with Crippen LogP contribution in [-0.2, 0) is 6.54 Å². The van der Waals surface area contributed by atoms with Gasteiger partial charge in [0.15, 0.2) is 0 Å². The highest BCUT2D eigenvalue weighted by Crippen LogP contribution is 2.26. The molecule has 0 aliphatic heterocycles. The van der Waals surface area contributed by atoms with Crippen LogP contribution < -0.4 is 5.32 Å². The van der Waals surface area contributed by atoms with E-state index in [0.717, 1.165) is 5.39 Å². The van der Waals surface area contributed by atoms with Gasteiger partial charge in [-0.2, -0.15) is 0 Å². The molecular weight excluding hydrogens is 242 g/mol. The van der Waals surface area contributed by atoms with Crippen LogP contribution in [0.3, 0.4) is 0 Å². The third-order valence-corrected chi connectivity index (χ3v) is 2.96. The number of aromatic carboxylic acids is 1. The topological polar surface area (TPSA) is 62.5 Å². The molecule has 0 spiro atoms. The van der Waals surface area contributed by atoms with Crippen LogP contribution in [0.1, 0.15) is 30.0 Å². The van der Waals surface area contributed by atoms with E-state index in [2.05, 4.69) is 11.2 Å². The summed E-state index contributed by atoms with van der Waals surface area (Å²) in [6.45, 7) is 4.06. The zero-order valence-corrected chi connectivity index (χ0v) is 10.9. The first kappa shape index (κ1) is 13.2. The minimum atomic E-state index is -1.08. The van der Waals surface area contributed by atoms with E-state index in [0.29, 0.717) is 17.7 Å². The van der Waals surface area contributed by atoms with Crippen LogP contribution in [0.2, 0.25) is 0 Å². The van der Waals surface area contributed by atoms with Gasteiger partial charge >= 0.3 is 5.97 Å². The number of rotatable bonds is 4. The van der Waals surface area contributed by atoms with Crippen molar-refractivity contribution in [2.45, 2.75) is 25.9 Å². The molecular formula is C15H15NO3. The second-order valence-electron chi connectivity index (χ2n) is 4.83. The molecule has 1 aromatic carbocycles. The Balaban J connectivity index is 2.43. The molecule has 0 atom stereocenters. The van der Waals surface area contributed by atoms with E-state index in [1.54, 1.807) is 12.1 Å². The van der Waals surface area contributed by atoms with Crippen molar-refractivity contribution in [3.63, 3.8) is 0 Å². The third-order valence-electron chi connectivity index (χ3n) is 2.96. The molecule has 19 heavy (non-hydrogen) atoms. The smallest absolute Gasteiger partial charge is 0.372 e. The summed E-state index contributed by atoms with van der Waals surface area (Å²) in [6.07, 6.45) is 5.40. The zero-order valence-electron chi connectivity index (χ0n) is 10.9. The van der Waals surface area contributed by atoms with Crippen molar-refractivity contribution in [3.05, 3.63) is 35.6 Å². The van der Waals surface area contributed by atoms with Crippen molar-refractivity contribution in [1.82, 2.24) is 5.32 Å². The molecule has 2 aromatic rings. The average Bonchev–Trinajstić information content (AvgIpc) is 2.75. The van der Waals surface area contributed by atoms with Gasteiger partial charge in [0.1, 0.15) is 5.58 Å². The quantitative estimate of drug-likeness (QED) is 0.826. The molecule has 0 unspecified atom stereocenters. The molecule has 0 saturated heterocycles. The molecule has 1 aromatic heterocycles. The lowest BCUT2D eigenvalue weighted by atomic mass is 10.1. The Morgan fingerprint density at radius 1 is 1.47 bits per heavy atom. The summed E-state index contributed by atoms with van der Waals surface area (Å²) in [5, 5.41) is 13.1. The van der Waals surface area contributed by atoms with Gasteiger partial charge in [0.2, 0.25) is 5.76 Å². The summed E-state index contributed by atoms with van der Waals surface area (Å²) in [4.78, 5) is 11.2. The van der Waals surface area contributed by atoms with E-state index in [9.17, 15) is 9.90 Å². The monoisotopic (exact) mass is 257 g/mol. The van der Waals surface area contributed by atoms with Crippen LogP contribution in [-0.4, -0.2) is 16.6 Å². The number of nitrogens with one attached hydrogen (secondary N) is 1. The fourth-order valence-corrected chi connectivity index (χ4v) is 1.81. The molecule has 2 N–H and O–H groups in total. The van der Waals surface area contributed by atoms with E-state index in [1.165, 1.54) is 0 Å². The van der Waals surface area contributed by atoms with Crippen molar-refractivity contribution in [3.8, 4) is 12.3 Å². The molecule has 98 valence electrons. The largest absolute Gasteiger partial charge is 0.475 e. The predicted octanol–water partition coefficient (Wildman–Crippen LogP) is 2.63. The van der Waals surface area contributed by atoms with Gasteiger partial charge in [0, 0.05) is 17.5 Å². The highest BCUT2D eigenvalue weighted by molar-refractivity contribution is 5.95. The van der Waals surface area contributed by atoms with Gasteiger partial charge in [-0.3, -0.25) is 5.32 Å². The maximum absolute atomic E-state index is 11.2. The molecule has 1 heterocycles. The van der Waals surface area contributed by atoms with Gasteiger partial charge in [-0.05, 0) is 19.9 Å². The van der Waals surface area contributed by atoms with E-state index < -0.39 is 11.5 Å². The summed E-state index contributed by atoms with van der Waals surface area (Å²) >= 11 is 0. The molecule has 4 nitrogen and oxygen atoms in total. The number of fused-ring (bicyclic) bond motifs is 1. The number of para-hydroxylation sites is 1. The lowest BCUT2D eigenvalue weighted by Crippen LogP contribution is -2.37. The van der Waals surface area contributed by atoms with Crippen LogP contribution in [0.25, 0.3) is 11.0 Å². The minimum absolute atomic E-state index is 0.0403. The van der Waals surface area contributed by atoms with E-state index in [4.69, 9.17) is 10.8 Å². The third kappa shape index (κ3) is 2.61. The van der Waals surface area contributed by atoms with Crippen LogP contribution in [0.5, 0.6) is 0 Å². The van der Waals surface area contributed by atoms with Crippen LogP contribution >= 0.6 is 0 Å². The molecule has 0 fully saturated rings. The lowest BCUT2D eigenvalue weighted by Gasteiger charge is -2.19. The Morgan fingerprint density at radius 2 is 2.16 bits per heavy atom. The van der Waals surface area contributed by atoms with Crippen LogP contribution in [0.15, 0.2) is 28.7 Å². The predicted molar refractivity (Wildman–Crippen MR) is 72.9 cm³/mol. The van der Waals surface area contributed by atoms with Crippen molar-refractivity contribution in [2.24, 2.45) is 0 Å². The van der Waals surface area contributed by atoms with Gasteiger partial charge in [0.25, 0.3) is 0 Å². The fraction of sp³-hybridized carbons (Fsp3) is 0.267. The molecule has 4 heteroatoms. The summed E-state index contributed by atoms with van der Waals surface area (Å²) in [5.74, 6) is 1.49. The second kappa shape index (κ2) is 4.79. The fourth-order valence-electron chi connectivity index (χ4n) is 1.81. The van der Waals surface area contributed by atoms with Gasteiger partial charge < -0.3 is 9.52 Å². The zero-order chi connectivity index (χ0) is 14.0. The number of carboxylic acids is 1. The van der Waals surface area contributed by atoms with Crippen LogP contribution in [0, 0.1) is 12.3 Å². The van der Waals surface area contributed by atoms with Crippen molar-refractivity contribution in [2.75, 3.05) is 0 Å². The normalized spacial score (nSPS) is 11.4. The number of furan rings is 1. The lowest BCUT2D eigenvalue weighted by molar-refractivity contribution is 0.0663. The van der Waals surface area contributed by atoms with Crippen LogP contribution in [0.4, 0.5) is 0 Å². The number of benzene rings is 1.